The molecule has 0 aliphatic heterocycles. The Kier molecular flexibility index (Phi) is 2.72. The minimum absolute atomic E-state index is 0.736. The molecule has 1 aromatic rings. The molecule has 1 aromatic heterocycles. The van der Waals surface area contributed by atoms with Crippen molar-refractivity contribution >= 4 is 33.9 Å². The highest BCUT2D eigenvalue weighted by molar-refractivity contribution is 14.1. The molecule has 1 rings (SSSR count). The molecular formula is C7H5IOS. The molecule has 1 unspecified atom stereocenters. The number of hydrogen-bond acceptors (Lipinski definition) is 2. The van der Waals surface area contributed by atoms with Crippen LogP contribution in [0.2, 0.25) is 0 Å². The van der Waals surface area contributed by atoms with Crippen molar-refractivity contribution in [3.63, 3.8) is 0 Å². The number of rotatable bonds is 1. The first-order valence-corrected chi connectivity index (χ1v) is 4.58. The zero-order valence-electron chi connectivity index (χ0n) is 5.04. The zero-order valence-corrected chi connectivity index (χ0v) is 8.02. The fourth-order valence-electron chi connectivity index (χ4n) is 0.563. The van der Waals surface area contributed by atoms with Crippen molar-refractivity contribution < 1.29 is 5.11 Å². The van der Waals surface area contributed by atoms with Crippen molar-refractivity contribution in [3.8, 4) is 12.3 Å². The van der Waals surface area contributed by atoms with Gasteiger partial charge in [-0.05, 0) is 34.0 Å². The normalized spacial score (nSPS) is 12.5. The van der Waals surface area contributed by atoms with Gasteiger partial charge in [0, 0.05) is 5.56 Å². The summed E-state index contributed by atoms with van der Waals surface area (Å²) in [6, 6.07) is 1.88. The van der Waals surface area contributed by atoms with Gasteiger partial charge in [0.25, 0.3) is 0 Å². The Bertz CT molecular complexity index is 261. The number of terminal acetylenes is 1. The van der Waals surface area contributed by atoms with E-state index in [9.17, 15) is 0 Å². The van der Waals surface area contributed by atoms with E-state index in [0.29, 0.717) is 0 Å². The molecule has 0 spiro atoms. The molecule has 10 heavy (non-hydrogen) atoms. The summed E-state index contributed by atoms with van der Waals surface area (Å²) >= 11 is 3.77. The molecule has 3 heteroatoms. The van der Waals surface area contributed by atoms with Crippen LogP contribution in [0.1, 0.15) is 11.7 Å². The van der Waals surface area contributed by atoms with E-state index in [2.05, 4.69) is 28.5 Å². The van der Waals surface area contributed by atoms with Crippen LogP contribution in [0.3, 0.4) is 0 Å². The second-order valence-corrected chi connectivity index (χ2v) is 4.56. The van der Waals surface area contributed by atoms with Gasteiger partial charge in [-0.1, -0.05) is 5.92 Å². The van der Waals surface area contributed by atoms with Crippen LogP contribution in [0, 0.1) is 15.2 Å². The minimum atomic E-state index is -0.736. The summed E-state index contributed by atoms with van der Waals surface area (Å²) in [5.74, 6) is 2.25. The van der Waals surface area contributed by atoms with Crippen LogP contribution >= 0.6 is 33.9 Å². The highest BCUT2D eigenvalue weighted by Gasteiger charge is 2.04. The fraction of sp³-hybridized carbons (Fsp3) is 0.143. The van der Waals surface area contributed by atoms with Crippen LogP contribution < -0.4 is 0 Å². The van der Waals surface area contributed by atoms with Gasteiger partial charge in [0.15, 0.2) is 0 Å². The van der Waals surface area contributed by atoms with Gasteiger partial charge in [-0.2, -0.15) is 0 Å². The van der Waals surface area contributed by atoms with E-state index in [4.69, 9.17) is 11.5 Å². The molecule has 0 aliphatic carbocycles. The number of thiophene rings is 1. The van der Waals surface area contributed by atoms with Crippen LogP contribution in [-0.2, 0) is 0 Å². The quantitative estimate of drug-likeness (QED) is 0.607. The monoisotopic (exact) mass is 264 g/mol. The number of hydrogen-bond donors (Lipinski definition) is 1. The minimum Gasteiger partial charge on any atom is -0.376 e. The predicted molar refractivity (Wildman–Crippen MR) is 50.8 cm³/mol. The Morgan fingerprint density at radius 3 is 2.90 bits per heavy atom. The average Bonchev–Trinajstić information content (AvgIpc) is 2.34. The highest BCUT2D eigenvalue weighted by atomic mass is 127. The lowest BCUT2D eigenvalue weighted by molar-refractivity contribution is 0.239. The summed E-state index contributed by atoms with van der Waals surface area (Å²) < 4.78 is 1.14. The average molecular weight is 264 g/mol. The number of aliphatic hydroxyl groups excluding tert-OH is 1. The summed E-state index contributed by atoms with van der Waals surface area (Å²) in [6.07, 6.45) is 4.28. The molecule has 0 saturated carbocycles. The van der Waals surface area contributed by atoms with Crippen molar-refractivity contribution in [2.75, 3.05) is 0 Å². The maximum atomic E-state index is 9.11. The van der Waals surface area contributed by atoms with Crippen molar-refractivity contribution in [1.82, 2.24) is 0 Å². The largest absolute Gasteiger partial charge is 0.376 e. The third-order valence-electron chi connectivity index (χ3n) is 1.06. The SMILES string of the molecule is C#CC(O)c1csc(I)c1. The standard InChI is InChI=1S/C7H5IOS/c1-2-6(9)5-3-7(8)10-4-5/h1,3-4,6,9H. The highest BCUT2D eigenvalue weighted by Crippen LogP contribution is 2.21. The van der Waals surface area contributed by atoms with Crippen LogP contribution in [0.4, 0.5) is 0 Å². The molecule has 0 aliphatic rings. The van der Waals surface area contributed by atoms with Gasteiger partial charge < -0.3 is 5.11 Å². The van der Waals surface area contributed by atoms with Gasteiger partial charge in [0.05, 0.1) is 2.88 Å². The van der Waals surface area contributed by atoms with E-state index in [0.717, 1.165) is 8.45 Å². The van der Waals surface area contributed by atoms with Crippen LogP contribution in [-0.4, -0.2) is 5.11 Å². The Balaban J connectivity index is 2.87. The van der Waals surface area contributed by atoms with Gasteiger partial charge in [-0.15, -0.1) is 17.8 Å². The lowest BCUT2D eigenvalue weighted by Gasteiger charge is -1.95. The van der Waals surface area contributed by atoms with Gasteiger partial charge in [0.2, 0.25) is 0 Å². The molecule has 0 amide bonds. The summed E-state index contributed by atoms with van der Waals surface area (Å²) in [6.45, 7) is 0. The third-order valence-corrected chi connectivity index (χ3v) is 2.87. The summed E-state index contributed by atoms with van der Waals surface area (Å²) in [7, 11) is 0. The van der Waals surface area contributed by atoms with E-state index in [-0.39, 0.29) is 0 Å². The van der Waals surface area contributed by atoms with E-state index >= 15 is 0 Å². The third kappa shape index (κ3) is 1.72. The molecule has 0 fully saturated rings. The molecule has 1 N–H and O–H groups in total. The van der Waals surface area contributed by atoms with Crippen molar-refractivity contribution in [1.29, 1.82) is 0 Å². The summed E-state index contributed by atoms with van der Waals surface area (Å²) in [5.41, 5.74) is 0.817. The second-order valence-electron chi connectivity index (χ2n) is 1.75. The maximum absolute atomic E-state index is 9.11. The van der Waals surface area contributed by atoms with Crippen molar-refractivity contribution in [3.05, 3.63) is 19.9 Å². The molecular weight excluding hydrogens is 259 g/mol. The Hall–Kier alpha value is -0.0500. The van der Waals surface area contributed by atoms with Crippen LogP contribution in [0.15, 0.2) is 11.4 Å². The first-order valence-electron chi connectivity index (χ1n) is 2.62. The van der Waals surface area contributed by atoms with E-state index in [1.165, 1.54) is 0 Å². The lowest BCUT2D eigenvalue weighted by atomic mass is 10.2. The zero-order chi connectivity index (χ0) is 7.56. The molecule has 1 atom stereocenters. The summed E-state index contributed by atoms with van der Waals surface area (Å²) in [4.78, 5) is 0. The molecule has 0 saturated heterocycles. The van der Waals surface area contributed by atoms with Gasteiger partial charge in [-0.25, -0.2) is 0 Å². The molecule has 0 radical (unpaired) electrons. The molecule has 0 aromatic carbocycles. The van der Waals surface area contributed by atoms with Gasteiger partial charge in [0.1, 0.15) is 6.10 Å². The Labute approximate surface area is 77.2 Å². The van der Waals surface area contributed by atoms with E-state index in [1.54, 1.807) is 11.3 Å². The number of aliphatic hydroxyl groups is 1. The maximum Gasteiger partial charge on any atom is 0.140 e. The summed E-state index contributed by atoms with van der Waals surface area (Å²) in [5, 5.41) is 11.0. The molecule has 1 heterocycles. The van der Waals surface area contributed by atoms with Gasteiger partial charge in [-0.3, -0.25) is 0 Å². The first kappa shape index (κ1) is 8.05. The van der Waals surface area contributed by atoms with E-state index < -0.39 is 6.10 Å². The second kappa shape index (κ2) is 3.37. The topological polar surface area (TPSA) is 20.2 Å². The smallest absolute Gasteiger partial charge is 0.140 e. The lowest BCUT2D eigenvalue weighted by Crippen LogP contribution is -1.88. The Morgan fingerprint density at radius 1 is 1.80 bits per heavy atom. The molecule has 1 nitrogen and oxygen atoms in total. The number of halogens is 1. The van der Waals surface area contributed by atoms with Gasteiger partial charge >= 0.3 is 0 Å². The Morgan fingerprint density at radius 2 is 2.50 bits per heavy atom. The first-order chi connectivity index (χ1) is 4.74. The predicted octanol–water partition coefficient (Wildman–Crippen LogP) is 2.02. The van der Waals surface area contributed by atoms with Crippen molar-refractivity contribution in [2.24, 2.45) is 0 Å². The van der Waals surface area contributed by atoms with E-state index in [1.807, 2.05) is 11.4 Å². The molecule has 52 valence electrons. The van der Waals surface area contributed by atoms with Crippen LogP contribution in [0.25, 0.3) is 0 Å². The van der Waals surface area contributed by atoms with Crippen molar-refractivity contribution in [2.45, 2.75) is 6.10 Å². The fourth-order valence-corrected chi connectivity index (χ4v) is 1.95. The molecule has 0 bridgehead atoms. The van der Waals surface area contributed by atoms with Crippen LogP contribution in [0.5, 0.6) is 0 Å².